The van der Waals surface area contributed by atoms with Crippen molar-refractivity contribution in [2.45, 2.75) is 25.8 Å². The average molecular weight is 299 g/mol. The fourth-order valence-corrected chi connectivity index (χ4v) is 2.58. The number of ether oxygens (including phenoxy) is 1. The lowest BCUT2D eigenvalue weighted by Crippen LogP contribution is -2.40. The number of nitrogens with one attached hydrogen (secondary N) is 1. The number of hydrogen-bond acceptors (Lipinski definition) is 3. The Morgan fingerprint density at radius 2 is 2.10 bits per heavy atom. The Kier molecular flexibility index (Phi) is 6.82. The summed E-state index contributed by atoms with van der Waals surface area (Å²) < 4.78 is 5.39. The molecule has 1 aliphatic rings. The Morgan fingerprint density at radius 1 is 1.40 bits per heavy atom. The van der Waals surface area contributed by atoms with E-state index in [1.54, 1.807) is 0 Å². The van der Waals surface area contributed by atoms with Crippen LogP contribution in [0.2, 0.25) is 0 Å². The highest BCUT2D eigenvalue weighted by molar-refractivity contribution is 5.94. The molecule has 0 aromatic heterocycles. The van der Waals surface area contributed by atoms with Gasteiger partial charge in [0.25, 0.3) is 5.91 Å². The first-order chi connectivity index (χ1) is 9.26. The van der Waals surface area contributed by atoms with E-state index in [4.69, 9.17) is 4.74 Å². The molecule has 112 valence electrons. The van der Waals surface area contributed by atoms with E-state index in [2.05, 4.69) is 5.32 Å². The van der Waals surface area contributed by atoms with E-state index in [-0.39, 0.29) is 18.3 Å². The highest BCUT2D eigenvalue weighted by Crippen LogP contribution is 2.21. The van der Waals surface area contributed by atoms with Crippen LogP contribution in [0.3, 0.4) is 0 Å². The van der Waals surface area contributed by atoms with Crippen molar-refractivity contribution in [3.8, 4) is 5.75 Å². The topological polar surface area (TPSA) is 41.6 Å². The molecule has 2 rings (SSSR count). The largest absolute Gasteiger partial charge is 0.494 e. The van der Waals surface area contributed by atoms with Crippen molar-refractivity contribution >= 4 is 18.3 Å². The summed E-state index contributed by atoms with van der Waals surface area (Å²) in [4.78, 5) is 14.4. The summed E-state index contributed by atoms with van der Waals surface area (Å²) in [6.45, 7) is 4.32. The van der Waals surface area contributed by atoms with E-state index in [0.29, 0.717) is 12.6 Å². The Labute approximate surface area is 126 Å². The number of hydrogen-bond donors (Lipinski definition) is 1. The van der Waals surface area contributed by atoms with Crippen molar-refractivity contribution in [1.29, 1.82) is 0 Å². The van der Waals surface area contributed by atoms with Crippen LogP contribution in [0.1, 0.15) is 30.1 Å². The zero-order valence-corrected chi connectivity index (χ0v) is 12.9. The molecule has 1 unspecified atom stereocenters. The number of carbonyl (C=O) groups is 1. The third kappa shape index (κ3) is 3.87. The minimum Gasteiger partial charge on any atom is -0.494 e. The van der Waals surface area contributed by atoms with Crippen LogP contribution in [-0.2, 0) is 0 Å². The molecule has 1 saturated heterocycles. The lowest BCUT2D eigenvalue weighted by Gasteiger charge is -2.24. The van der Waals surface area contributed by atoms with Gasteiger partial charge in [-0.2, -0.15) is 0 Å². The van der Waals surface area contributed by atoms with Gasteiger partial charge in [0.1, 0.15) is 5.75 Å². The highest BCUT2D eigenvalue weighted by Gasteiger charge is 2.28. The van der Waals surface area contributed by atoms with E-state index in [1.807, 2.05) is 43.1 Å². The maximum atomic E-state index is 12.5. The maximum absolute atomic E-state index is 12.5. The maximum Gasteiger partial charge on any atom is 0.254 e. The van der Waals surface area contributed by atoms with Crippen molar-refractivity contribution in [3.05, 3.63) is 29.8 Å². The number of halogens is 1. The van der Waals surface area contributed by atoms with E-state index in [1.165, 1.54) is 0 Å². The SMILES string of the molecule is CCOc1ccc(C(=O)N2CCCC2CNC)cc1.Cl. The number of benzene rings is 1. The van der Waals surface area contributed by atoms with Gasteiger partial charge in [-0.1, -0.05) is 0 Å². The van der Waals surface area contributed by atoms with E-state index >= 15 is 0 Å². The summed E-state index contributed by atoms with van der Waals surface area (Å²) in [6.07, 6.45) is 2.18. The smallest absolute Gasteiger partial charge is 0.254 e. The summed E-state index contributed by atoms with van der Waals surface area (Å²) in [5.74, 6) is 0.938. The molecule has 1 heterocycles. The molecule has 1 aliphatic heterocycles. The van der Waals surface area contributed by atoms with Crippen LogP contribution in [0.5, 0.6) is 5.75 Å². The van der Waals surface area contributed by atoms with E-state index < -0.39 is 0 Å². The van der Waals surface area contributed by atoms with Gasteiger partial charge < -0.3 is 15.0 Å². The molecular weight excluding hydrogens is 276 g/mol. The summed E-state index contributed by atoms with van der Waals surface area (Å²) in [5, 5.41) is 3.16. The third-order valence-corrected chi connectivity index (χ3v) is 3.49. The Morgan fingerprint density at radius 3 is 2.70 bits per heavy atom. The van der Waals surface area contributed by atoms with Gasteiger partial charge in [-0.3, -0.25) is 4.79 Å². The minimum absolute atomic E-state index is 0. The summed E-state index contributed by atoms with van der Waals surface area (Å²) >= 11 is 0. The molecule has 0 saturated carbocycles. The number of carbonyl (C=O) groups excluding carboxylic acids is 1. The van der Waals surface area contributed by atoms with Crippen LogP contribution in [0.25, 0.3) is 0 Å². The molecule has 4 nitrogen and oxygen atoms in total. The second-order valence-corrected chi connectivity index (χ2v) is 4.81. The van der Waals surface area contributed by atoms with E-state index in [9.17, 15) is 4.79 Å². The minimum atomic E-state index is 0. The number of rotatable bonds is 5. The van der Waals surface area contributed by atoms with Crippen LogP contribution in [0, 0.1) is 0 Å². The monoisotopic (exact) mass is 298 g/mol. The molecule has 0 aliphatic carbocycles. The van der Waals surface area contributed by atoms with E-state index in [0.717, 1.165) is 37.2 Å². The first-order valence-electron chi connectivity index (χ1n) is 6.94. The van der Waals surface area contributed by atoms with Crippen LogP contribution >= 0.6 is 12.4 Å². The molecule has 1 fully saturated rings. The zero-order valence-electron chi connectivity index (χ0n) is 12.1. The van der Waals surface area contributed by atoms with Gasteiger partial charge >= 0.3 is 0 Å². The predicted octanol–water partition coefficient (Wildman–Crippen LogP) is 2.33. The molecule has 1 aromatic carbocycles. The number of amides is 1. The van der Waals surface area contributed by atoms with Crippen LogP contribution in [0.4, 0.5) is 0 Å². The Bertz CT molecular complexity index is 422. The normalized spacial score (nSPS) is 17.7. The molecule has 5 heteroatoms. The van der Waals surface area contributed by atoms with Gasteiger partial charge in [0, 0.05) is 24.7 Å². The van der Waals surface area contributed by atoms with Crippen molar-refractivity contribution in [3.63, 3.8) is 0 Å². The first kappa shape index (κ1) is 16.8. The summed E-state index contributed by atoms with van der Waals surface area (Å²) in [7, 11) is 1.93. The molecule has 1 N–H and O–H groups in total. The molecule has 20 heavy (non-hydrogen) atoms. The highest BCUT2D eigenvalue weighted by atomic mass is 35.5. The van der Waals surface area contributed by atoms with Gasteiger partial charge in [-0.25, -0.2) is 0 Å². The fourth-order valence-electron chi connectivity index (χ4n) is 2.58. The number of likely N-dealkylation sites (N-methyl/N-ethyl adjacent to an activating group) is 1. The fraction of sp³-hybridized carbons (Fsp3) is 0.533. The molecule has 1 atom stereocenters. The predicted molar refractivity (Wildman–Crippen MR) is 82.8 cm³/mol. The van der Waals surface area contributed by atoms with Crippen molar-refractivity contribution in [1.82, 2.24) is 10.2 Å². The van der Waals surface area contributed by atoms with Gasteiger partial charge in [0.15, 0.2) is 0 Å². The van der Waals surface area contributed by atoms with Crippen molar-refractivity contribution in [2.24, 2.45) is 0 Å². The summed E-state index contributed by atoms with van der Waals surface area (Å²) in [5.41, 5.74) is 0.742. The lowest BCUT2D eigenvalue weighted by molar-refractivity contribution is 0.0737. The van der Waals surface area contributed by atoms with Crippen molar-refractivity contribution < 1.29 is 9.53 Å². The van der Waals surface area contributed by atoms with Crippen LogP contribution < -0.4 is 10.1 Å². The third-order valence-electron chi connectivity index (χ3n) is 3.49. The Hall–Kier alpha value is -1.26. The molecule has 1 aromatic rings. The second-order valence-electron chi connectivity index (χ2n) is 4.81. The molecule has 0 bridgehead atoms. The number of nitrogens with zero attached hydrogens (tertiary/aromatic N) is 1. The van der Waals surface area contributed by atoms with Crippen molar-refractivity contribution in [2.75, 3.05) is 26.7 Å². The number of likely N-dealkylation sites (tertiary alicyclic amines) is 1. The lowest BCUT2D eigenvalue weighted by atomic mass is 10.1. The summed E-state index contributed by atoms with van der Waals surface area (Å²) in [6, 6.07) is 7.74. The van der Waals surface area contributed by atoms with Gasteiger partial charge in [0.2, 0.25) is 0 Å². The quantitative estimate of drug-likeness (QED) is 0.907. The molecular formula is C15H23ClN2O2. The van der Waals surface area contributed by atoms with Crippen LogP contribution in [-0.4, -0.2) is 43.6 Å². The van der Waals surface area contributed by atoms with Gasteiger partial charge in [-0.05, 0) is 51.1 Å². The average Bonchev–Trinajstić information content (AvgIpc) is 2.88. The van der Waals surface area contributed by atoms with Gasteiger partial charge in [-0.15, -0.1) is 12.4 Å². The first-order valence-corrected chi connectivity index (χ1v) is 6.94. The van der Waals surface area contributed by atoms with Gasteiger partial charge in [0.05, 0.1) is 6.61 Å². The second kappa shape index (κ2) is 8.12. The molecule has 1 amide bonds. The molecule has 0 spiro atoms. The Balaban J connectivity index is 0.00000200. The molecule has 0 radical (unpaired) electrons. The van der Waals surface area contributed by atoms with Crippen LogP contribution in [0.15, 0.2) is 24.3 Å². The zero-order chi connectivity index (χ0) is 13.7. The standard InChI is InChI=1S/C15H22N2O2.ClH/c1-3-19-14-8-6-12(7-9-14)15(18)17-10-4-5-13(17)11-16-2;/h6-9,13,16H,3-5,10-11H2,1-2H3;1H.